The molecule has 0 aliphatic rings. The maximum atomic E-state index is 11.6. The Morgan fingerprint density at radius 1 is 1.12 bits per heavy atom. The normalized spacial score (nSPS) is 14.0. The maximum absolute atomic E-state index is 11.6. The number of anilines is 1. The van der Waals surface area contributed by atoms with Gasteiger partial charge in [-0.3, -0.25) is 0 Å². The van der Waals surface area contributed by atoms with E-state index >= 15 is 0 Å². The summed E-state index contributed by atoms with van der Waals surface area (Å²) in [5.41, 5.74) is 7.13. The second kappa shape index (κ2) is 4.84. The molecular weight excluding hydrogens is 224 g/mol. The predicted molar refractivity (Wildman–Crippen MR) is 66.5 cm³/mol. The number of benzene rings is 1. The first-order valence-electron chi connectivity index (χ1n) is 5.19. The molecule has 0 amide bonds. The largest absolute Gasteiger partial charge is 0.399 e. The summed E-state index contributed by atoms with van der Waals surface area (Å²) in [6, 6.07) is 6.92. The maximum Gasteiger partial charge on any atom is 0.214 e. The lowest BCUT2D eigenvalue weighted by Crippen LogP contribution is -2.32. The van der Waals surface area contributed by atoms with Gasteiger partial charge < -0.3 is 5.73 Å². The lowest BCUT2D eigenvalue weighted by Gasteiger charge is -2.16. The van der Waals surface area contributed by atoms with Gasteiger partial charge in [-0.25, -0.2) is 13.1 Å². The van der Waals surface area contributed by atoms with Gasteiger partial charge in [0.15, 0.2) is 0 Å². The zero-order valence-corrected chi connectivity index (χ0v) is 10.6. The number of rotatable bonds is 4. The van der Waals surface area contributed by atoms with Crippen molar-refractivity contribution in [1.29, 1.82) is 0 Å². The van der Waals surface area contributed by atoms with Crippen LogP contribution in [0.4, 0.5) is 5.69 Å². The van der Waals surface area contributed by atoms with Crippen LogP contribution in [0.3, 0.4) is 0 Å². The Morgan fingerprint density at radius 2 is 1.62 bits per heavy atom. The molecule has 1 atom stereocenters. The first kappa shape index (κ1) is 13.0. The molecule has 0 aliphatic heterocycles. The van der Waals surface area contributed by atoms with Crippen molar-refractivity contribution >= 4 is 15.7 Å². The molecule has 1 aromatic rings. The molecule has 0 radical (unpaired) electrons. The van der Waals surface area contributed by atoms with Crippen molar-refractivity contribution in [2.75, 3.05) is 5.73 Å². The Morgan fingerprint density at radius 3 is 2.06 bits per heavy atom. The van der Waals surface area contributed by atoms with Crippen molar-refractivity contribution in [1.82, 2.24) is 4.72 Å². The fraction of sp³-hybridized carbons (Fsp3) is 0.455. The van der Waals surface area contributed by atoms with Crippen LogP contribution in [0.5, 0.6) is 0 Å². The number of hydrogen-bond acceptors (Lipinski definition) is 3. The van der Waals surface area contributed by atoms with Gasteiger partial charge in [0.05, 0.1) is 5.25 Å². The lowest BCUT2D eigenvalue weighted by molar-refractivity contribution is 0.558. The molecule has 0 heterocycles. The molecule has 0 aromatic heterocycles. The third kappa shape index (κ3) is 3.21. The Hall–Kier alpha value is -1.07. The van der Waals surface area contributed by atoms with Gasteiger partial charge in [0, 0.05) is 11.7 Å². The Kier molecular flexibility index (Phi) is 3.93. The van der Waals surface area contributed by atoms with Crippen LogP contribution in [0.25, 0.3) is 0 Å². The molecule has 1 aromatic carbocycles. The molecule has 90 valence electrons. The van der Waals surface area contributed by atoms with Gasteiger partial charge in [-0.05, 0) is 38.5 Å². The van der Waals surface area contributed by atoms with Gasteiger partial charge in [0.2, 0.25) is 10.0 Å². The van der Waals surface area contributed by atoms with Crippen LogP contribution in [0.15, 0.2) is 24.3 Å². The summed E-state index contributed by atoms with van der Waals surface area (Å²) in [6.45, 7) is 5.11. The van der Waals surface area contributed by atoms with Crippen molar-refractivity contribution in [3.05, 3.63) is 29.8 Å². The summed E-state index contributed by atoms with van der Waals surface area (Å²) in [6.07, 6.45) is 0. The molecule has 0 bridgehead atoms. The molecule has 0 saturated heterocycles. The molecule has 1 rings (SSSR count). The highest BCUT2D eigenvalue weighted by Crippen LogP contribution is 2.16. The van der Waals surface area contributed by atoms with E-state index in [1.165, 1.54) is 0 Å². The summed E-state index contributed by atoms with van der Waals surface area (Å²) in [5.74, 6) is 0. The fourth-order valence-corrected chi connectivity index (χ4v) is 2.14. The van der Waals surface area contributed by atoms with E-state index in [2.05, 4.69) is 4.72 Å². The van der Waals surface area contributed by atoms with E-state index in [9.17, 15) is 8.42 Å². The Balaban J connectivity index is 2.81. The van der Waals surface area contributed by atoms with Crippen molar-refractivity contribution < 1.29 is 8.42 Å². The smallest absolute Gasteiger partial charge is 0.214 e. The van der Waals surface area contributed by atoms with E-state index in [4.69, 9.17) is 5.73 Å². The van der Waals surface area contributed by atoms with E-state index in [0.717, 1.165) is 5.56 Å². The molecule has 16 heavy (non-hydrogen) atoms. The van der Waals surface area contributed by atoms with Crippen molar-refractivity contribution in [3.63, 3.8) is 0 Å². The van der Waals surface area contributed by atoms with Crippen LogP contribution in [0, 0.1) is 0 Å². The molecule has 0 spiro atoms. The number of sulfonamides is 1. The van der Waals surface area contributed by atoms with Gasteiger partial charge in [-0.2, -0.15) is 0 Å². The molecule has 1 unspecified atom stereocenters. The third-order valence-corrected chi connectivity index (χ3v) is 4.32. The van der Waals surface area contributed by atoms with Crippen LogP contribution in [-0.4, -0.2) is 13.7 Å². The highest BCUT2D eigenvalue weighted by Gasteiger charge is 2.19. The van der Waals surface area contributed by atoms with Gasteiger partial charge in [0.25, 0.3) is 0 Å². The first-order chi connectivity index (χ1) is 7.33. The average Bonchev–Trinajstić information content (AvgIpc) is 2.17. The van der Waals surface area contributed by atoms with Crippen molar-refractivity contribution in [2.24, 2.45) is 0 Å². The standard InChI is InChI=1S/C11H18N2O2S/c1-8(2)16(14,15)13-9(3)10-4-6-11(12)7-5-10/h4-9,13H,12H2,1-3H3. The number of nitrogen functional groups attached to an aromatic ring is 1. The molecular formula is C11H18N2O2S. The second-order valence-electron chi connectivity index (χ2n) is 4.10. The monoisotopic (exact) mass is 242 g/mol. The third-order valence-electron chi connectivity index (χ3n) is 2.40. The molecule has 0 fully saturated rings. The van der Waals surface area contributed by atoms with Crippen LogP contribution in [-0.2, 0) is 10.0 Å². The summed E-state index contributed by atoms with van der Waals surface area (Å²) in [7, 11) is -3.24. The summed E-state index contributed by atoms with van der Waals surface area (Å²) < 4.78 is 25.9. The van der Waals surface area contributed by atoms with Crippen LogP contribution in [0.1, 0.15) is 32.4 Å². The summed E-state index contributed by atoms with van der Waals surface area (Å²) in [4.78, 5) is 0. The Labute approximate surface area is 96.9 Å². The van der Waals surface area contributed by atoms with Crippen LogP contribution < -0.4 is 10.5 Å². The number of nitrogens with one attached hydrogen (secondary N) is 1. The van der Waals surface area contributed by atoms with Gasteiger partial charge in [-0.15, -0.1) is 0 Å². The van der Waals surface area contributed by atoms with Gasteiger partial charge in [-0.1, -0.05) is 12.1 Å². The van der Waals surface area contributed by atoms with E-state index < -0.39 is 15.3 Å². The van der Waals surface area contributed by atoms with Crippen molar-refractivity contribution in [2.45, 2.75) is 32.1 Å². The minimum Gasteiger partial charge on any atom is -0.399 e. The predicted octanol–water partition coefficient (Wildman–Crippen LogP) is 1.66. The summed E-state index contributed by atoms with van der Waals surface area (Å²) in [5, 5.41) is -0.427. The fourth-order valence-electron chi connectivity index (χ4n) is 1.24. The van der Waals surface area contributed by atoms with E-state index in [-0.39, 0.29) is 6.04 Å². The Bertz CT molecular complexity index is 438. The molecule has 0 aliphatic carbocycles. The number of hydrogen-bond donors (Lipinski definition) is 2. The summed E-state index contributed by atoms with van der Waals surface area (Å²) >= 11 is 0. The minimum absolute atomic E-state index is 0.243. The van der Waals surface area contributed by atoms with Crippen molar-refractivity contribution in [3.8, 4) is 0 Å². The second-order valence-corrected chi connectivity index (χ2v) is 6.37. The quantitative estimate of drug-likeness (QED) is 0.789. The topological polar surface area (TPSA) is 72.2 Å². The molecule has 3 N–H and O–H groups in total. The zero-order chi connectivity index (χ0) is 12.3. The van der Waals surface area contributed by atoms with Gasteiger partial charge >= 0.3 is 0 Å². The minimum atomic E-state index is -3.24. The SMILES string of the molecule is CC(NS(=O)(=O)C(C)C)c1ccc(N)cc1. The first-order valence-corrected chi connectivity index (χ1v) is 6.74. The van der Waals surface area contributed by atoms with Gasteiger partial charge in [0.1, 0.15) is 0 Å². The van der Waals surface area contributed by atoms with E-state index in [0.29, 0.717) is 5.69 Å². The molecule has 5 heteroatoms. The molecule has 4 nitrogen and oxygen atoms in total. The average molecular weight is 242 g/mol. The number of nitrogens with two attached hydrogens (primary N) is 1. The lowest BCUT2D eigenvalue weighted by atomic mass is 10.1. The van der Waals surface area contributed by atoms with Crippen LogP contribution >= 0.6 is 0 Å². The zero-order valence-electron chi connectivity index (χ0n) is 9.77. The van der Waals surface area contributed by atoms with E-state index in [1.54, 1.807) is 26.0 Å². The van der Waals surface area contributed by atoms with E-state index in [1.807, 2.05) is 19.1 Å². The molecule has 0 saturated carbocycles. The highest BCUT2D eigenvalue weighted by atomic mass is 32.2. The highest BCUT2D eigenvalue weighted by molar-refractivity contribution is 7.90. The van der Waals surface area contributed by atoms with Crippen LogP contribution in [0.2, 0.25) is 0 Å².